The Bertz CT molecular complexity index is 494. The van der Waals surface area contributed by atoms with Crippen LogP contribution in [0.2, 0.25) is 0 Å². The van der Waals surface area contributed by atoms with Crippen LogP contribution < -0.4 is 0 Å². The van der Waals surface area contributed by atoms with E-state index in [0.717, 1.165) is 37.5 Å². The predicted octanol–water partition coefficient (Wildman–Crippen LogP) is 3.74. The molecule has 3 saturated carbocycles. The van der Waals surface area contributed by atoms with E-state index < -0.39 is 0 Å². The maximum absolute atomic E-state index is 11.8. The third-order valence-corrected chi connectivity index (χ3v) is 7.59. The van der Waals surface area contributed by atoms with E-state index in [1.165, 1.54) is 24.8 Å². The van der Waals surface area contributed by atoms with Crippen molar-refractivity contribution in [3.63, 3.8) is 0 Å². The van der Waals surface area contributed by atoms with Crippen LogP contribution in [0.3, 0.4) is 0 Å². The zero-order chi connectivity index (χ0) is 14.8. The molecule has 2 heteroatoms. The molecule has 0 heterocycles. The molecule has 0 radical (unpaired) electrons. The van der Waals surface area contributed by atoms with Crippen molar-refractivity contribution in [1.29, 1.82) is 0 Å². The molecule has 0 aliphatic heterocycles. The highest BCUT2D eigenvalue weighted by molar-refractivity contribution is 5.91. The third-order valence-electron chi connectivity index (χ3n) is 7.59. The van der Waals surface area contributed by atoms with E-state index in [1.807, 2.05) is 6.08 Å². The van der Waals surface area contributed by atoms with E-state index in [2.05, 4.69) is 13.8 Å². The van der Waals surface area contributed by atoms with Gasteiger partial charge in [0.05, 0.1) is 6.10 Å². The van der Waals surface area contributed by atoms with Gasteiger partial charge in [0, 0.05) is 6.42 Å². The van der Waals surface area contributed by atoms with Gasteiger partial charge in [-0.2, -0.15) is 0 Å². The van der Waals surface area contributed by atoms with Crippen molar-refractivity contribution >= 4 is 5.78 Å². The molecule has 0 aromatic carbocycles. The van der Waals surface area contributed by atoms with Crippen molar-refractivity contribution < 1.29 is 9.90 Å². The summed E-state index contributed by atoms with van der Waals surface area (Å²) in [4.78, 5) is 11.8. The van der Waals surface area contributed by atoms with Crippen molar-refractivity contribution in [3.8, 4) is 0 Å². The topological polar surface area (TPSA) is 37.3 Å². The smallest absolute Gasteiger partial charge is 0.155 e. The lowest BCUT2D eigenvalue weighted by Gasteiger charge is -2.55. The summed E-state index contributed by atoms with van der Waals surface area (Å²) < 4.78 is 0. The average Bonchev–Trinajstić information content (AvgIpc) is 2.74. The van der Waals surface area contributed by atoms with Gasteiger partial charge >= 0.3 is 0 Å². The summed E-state index contributed by atoms with van der Waals surface area (Å²) in [5.74, 6) is 3.96. The Morgan fingerprint density at radius 3 is 2.86 bits per heavy atom. The van der Waals surface area contributed by atoms with E-state index in [9.17, 15) is 9.90 Å². The number of carbonyl (C=O) groups is 1. The number of rotatable bonds is 0. The van der Waals surface area contributed by atoms with Crippen LogP contribution in [0.5, 0.6) is 0 Å². The highest BCUT2D eigenvalue weighted by atomic mass is 16.3. The molecule has 4 aliphatic carbocycles. The van der Waals surface area contributed by atoms with E-state index in [0.29, 0.717) is 23.5 Å². The SMILES string of the molecule is C[C@H]1CC2=CC(=O)CC[C@@H]2[C@H]2CC[C@]3(C)[C@@H](O)CC[C@H]3[C@@H]21. The van der Waals surface area contributed by atoms with Crippen molar-refractivity contribution in [1.82, 2.24) is 0 Å². The standard InChI is InChI=1S/C19H28O2/c1-11-9-12-10-13(20)3-4-14(12)15-7-8-19(2)16(18(11)15)5-6-17(19)21/h10-11,14-18,21H,3-9H2,1-2H3/t11-,14-,15+,16-,17-,18+,19-/m0/s1. The first-order valence-corrected chi connectivity index (χ1v) is 8.92. The number of fused-ring (bicyclic) bond motifs is 5. The molecule has 0 unspecified atom stereocenters. The van der Waals surface area contributed by atoms with Gasteiger partial charge in [-0.15, -0.1) is 0 Å². The number of carbonyl (C=O) groups excluding carboxylic acids is 1. The van der Waals surface area contributed by atoms with Gasteiger partial charge < -0.3 is 5.11 Å². The van der Waals surface area contributed by atoms with Crippen LogP contribution in [-0.4, -0.2) is 17.0 Å². The summed E-state index contributed by atoms with van der Waals surface area (Å²) in [6.45, 7) is 4.73. The lowest BCUT2D eigenvalue weighted by molar-refractivity contribution is -0.116. The molecule has 1 N–H and O–H groups in total. The molecule has 0 amide bonds. The Kier molecular flexibility index (Phi) is 3.12. The lowest BCUT2D eigenvalue weighted by atomic mass is 9.49. The normalized spacial score (nSPS) is 52.7. The summed E-state index contributed by atoms with van der Waals surface area (Å²) in [7, 11) is 0. The summed E-state index contributed by atoms with van der Waals surface area (Å²) in [6, 6.07) is 0. The summed E-state index contributed by atoms with van der Waals surface area (Å²) in [5, 5.41) is 10.5. The average molecular weight is 288 g/mol. The second-order valence-electron chi connectivity index (χ2n) is 8.50. The first-order valence-electron chi connectivity index (χ1n) is 8.92. The molecule has 0 spiro atoms. The van der Waals surface area contributed by atoms with Crippen LogP contribution in [-0.2, 0) is 4.79 Å². The van der Waals surface area contributed by atoms with Gasteiger partial charge in [0.2, 0.25) is 0 Å². The van der Waals surface area contributed by atoms with Crippen molar-refractivity contribution in [2.45, 2.75) is 64.9 Å². The van der Waals surface area contributed by atoms with Crippen LogP contribution in [0.1, 0.15) is 58.8 Å². The zero-order valence-electron chi connectivity index (χ0n) is 13.3. The molecule has 7 atom stereocenters. The number of hydrogen-bond donors (Lipinski definition) is 1. The Hall–Kier alpha value is -0.630. The van der Waals surface area contributed by atoms with Crippen LogP contribution in [0, 0.1) is 35.0 Å². The zero-order valence-corrected chi connectivity index (χ0v) is 13.3. The maximum atomic E-state index is 11.8. The van der Waals surface area contributed by atoms with E-state index in [4.69, 9.17) is 0 Å². The molecule has 4 aliphatic rings. The number of aliphatic hydroxyl groups excluding tert-OH is 1. The molecule has 0 bridgehead atoms. The summed E-state index contributed by atoms with van der Waals surface area (Å²) >= 11 is 0. The maximum Gasteiger partial charge on any atom is 0.155 e. The Labute approximate surface area is 128 Å². The van der Waals surface area contributed by atoms with Crippen molar-refractivity contribution in [3.05, 3.63) is 11.6 Å². The molecular weight excluding hydrogens is 260 g/mol. The fourth-order valence-corrected chi connectivity index (χ4v) is 6.56. The Morgan fingerprint density at radius 2 is 2.05 bits per heavy atom. The lowest BCUT2D eigenvalue weighted by Crippen LogP contribution is -2.50. The Morgan fingerprint density at radius 1 is 1.24 bits per heavy atom. The van der Waals surface area contributed by atoms with Crippen molar-refractivity contribution in [2.75, 3.05) is 0 Å². The molecule has 4 rings (SSSR count). The van der Waals surface area contributed by atoms with E-state index >= 15 is 0 Å². The quantitative estimate of drug-likeness (QED) is 0.737. The molecule has 2 nitrogen and oxygen atoms in total. The molecular formula is C19H28O2. The third kappa shape index (κ3) is 1.91. The second kappa shape index (κ2) is 4.68. The van der Waals surface area contributed by atoms with Gasteiger partial charge in [0.15, 0.2) is 5.78 Å². The largest absolute Gasteiger partial charge is 0.393 e. The minimum absolute atomic E-state index is 0.0828. The predicted molar refractivity (Wildman–Crippen MR) is 82.6 cm³/mol. The molecule has 0 saturated heterocycles. The van der Waals surface area contributed by atoms with Gasteiger partial charge in [-0.25, -0.2) is 0 Å². The highest BCUT2D eigenvalue weighted by Gasteiger charge is 2.57. The van der Waals surface area contributed by atoms with Gasteiger partial charge in [-0.3, -0.25) is 4.79 Å². The van der Waals surface area contributed by atoms with Crippen molar-refractivity contribution in [2.24, 2.45) is 35.0 Å². The first kappa shape index (κ1) is 14.0. The van der Waals surface area contributed by atoms with Crippen LogP contribution in [0.4, 0.5) is 0 Å². The fraction of sp³-hybridized carbons (Fsp3) is 0.842. The highest BCUT2D eigenvalue weighted by Crippen LogP contribution is 2.62. The van der Waals surface area contributed by atoms with E-state index in [-0.39, 0.29) is 11.5 Å². The van der Waals surface area contributed by atoms with Gasteiger partial charge in [-0.1, -0.05) is 19.4 Å². The van der Waals surface area contributed by atoms with Gasteiger partial charge in [-0.05, 0) is 79.6 Å². The number of ketones is 1. The number of hydrogen-bond acceptors (Lipinski definition) is 2. The molecule has 3 fully saturated rings. The molecule has 0 aromatic rings. The fourth-order valence-electron chi connectivity index (χ4n) is 6.56. The number of aliphatic hydroxyl groups is 1. The minimum Gasteiger partial charge on any atom is -0.393 e. The van der Waals surface area contributed by atoms with Crippen LogP contribution in [0.25, 0.3) is 0 Å². The van der Waals surface area contributed by atoms with Gasteiger partial charge in [0.25, 0.3) is 0 Å². The Balaban J connectivity index is 1.68. The van der Waals surface area contributed by atoms with Crippen LogP contribution >= 0.6 is 0 Å². The monoisotopic (exact) mass is 288 g/mol. The summed E-state index contributed by atoms with van der Waals surface area (Å²) in [5.41, 5.74) is 1.63. The van der Waals surface area contributed by atoms with Gasteiger partial charge in [0.1, 0.15) is 0 Å². The van der Waals surface area contributed by atoms with Crippen LogP contribution in [0.15, 0.2) is 11.6 Å². The molecule has 0 aromatic heterocycles. The first-order chi connectivity index (χ1) is 10.0. The summed E-state index contributed by atoms with van der Waals surface area (Å²) in [6.07, 6.45) is 9.54. The second-order valence-corrected chi connectivity index (χ2v) is 8.50. The molecule has 21 heavy (non-hydrogen) atoms. The number of allylic oxidation sites excluding steroid dienone is 1. The molecule has 116 valence electrons. The minimum atomic E-state index is -0.0828. The van der Waals surface area contributed by atoms with E-state index in [1.54, 1.807) is 0 Å².